The number of hydrogen-bond donors (Lipinski definition) is 3. The number of phenolic OH excluding ortho intramolecular Hbond substituents is 1. The number of rotatable bonds is 3. The molecular formula is C23H25Cl2N3O3. The molecule has 8 heteroatoms. The molecule has 3 N–H and O–H groups in total. The predicted octanol–water partition coefficient (Wildman–Crippen LogP) is 4.05. The second kappa shape index (κ2) is 9.32. The second-order valence-electron chi connectivity index (χ2n) is 7.62. The van der Waals surface area contributed by atoms with Crippen molar-refractivity contribution in [1.29, 1.82) is 0 Å². The van der Waals surface area contributed by atoms with Crippen molar-refractivity contribution >= 4 is 47.6 Å². The van der Waals surface area contributed by atoms with Gasteiger partial charge in [-0.05, 0) is 31.2 Å². The number of allylic oxidation sites excluding steroid dienone is 1. The van der Waals surface area contributed by atoms with Crippen molar-refractivity contribution in [2.75, 3.05) is 26.2 Å². The highest BCUT2D eigenvalue weighted by atomic mass is 35.5. The van der Waals surface area contributed by atoms with Gasteiger partial charge in [0.1, 0.15) is 11.5 Å². The number of aryl methyl sites for hydroxylation is 1. The number of phenols is 1. The average molecular weight is 462 g/mol. The number of ketones is 1. The SMILES string of the molecule is Cc1[nH]c2ccccc2c1C=C1Oc2c(ccc(O)c2CN2CCNCC2)C1=O.Cl.Cl. The van der Waals surface area contributed by atoms with Crippen LogP contribution in [-0.4, -0.2) is 47.0 Å². The van der Waals surface area contributed by atoms with Crippen LogP contribution in [0.1, 0.15) is 27.2 Å². The van der Waals surface area contributed by atoms with Crippen molar-refractivity contribution in [2.45, 2.75) is 13.5 Å². The second-order valence-corrected chi connectivity index (χ2v) is 7.62. The number of carbonyl (C=O) groups excluding carboxylic acids is 1. The lowest BCUT2D eigenvalue weighted by Crippen LogP contribution is -2.42. The Kier molecular flexibility index (Phi) is 6.96. The monoisotopic (exact) mass is 461 g/mol. The van der Waals surface area contributed by atoms with E-state index in [4.69, 9.17) is 4.74 Å². The van der Waals surface area contributed by atoms with Crippen LogP contribution in [0, 0.1) is 6.92 Å². The molecule has 3 heterocycles. The molecule has 1 fully saturated rings. The molecule has 1 aromatic heterocycles. The molecule has 1 saturated heterocycles. The number of benzene rings is 2. The number of piperazine rings is 1. The fourth-order valence-corrected chi connectivity index (χ4v) is 4.16. The van der Waals surface area contributed by atoms with Crippen molar-refractivity contribution < 1.29 is 14.6 Å². The van der Waals surface area contributed by atoms with E-state index in [0.29, 0.717) is 29.2 Å². The van der Waals surface area contributed by atoms with Gasteiger partial charge < -0.3 is 20.1 Å². The molecule has 0 radical (unpaired) electrons. The highest BCUT2D eigenvalue weighted by Gasteiger charge is 2.32. The van der Waals surface area contributed by atoms with Crippen LogP contribution < -0.4 is 10.1 Å². The Hall–Kier alpha value is -2.51. The van der Waals surface area contributed by atoms with Gasteiger partial charge >= 0.3 is 0 Å². The van der Waals surface area contributed by atoms with Crippen LogP contribution in [0.3, 0.4) is 0 Å². The third-order valence-corrected chi connectivity index (χ3v) is 5.73. The van der Waals surface area contributed by atoms with Gasteiger partial charge in [0.05, 0.1) is 11.1 Å². The van der Waals surface area contributed by atoms with Crippen molar-refractivity contribution in [3.05, 3.63) is 64.5 Å². The molecular weight excluding hydrogens is 437 g/mol. The maximum Gasteiger partial charge on any atom is 0.231 e. The lowest BCUT2D eigenvalue weighted by molar-refractivity contribution is 0.101. The summed E-state index contributed by atoms with van der Waals surface area (Å²) in [5, 5.41) is 14.8. The van der Waals surface area contributed by atoms with Gasteiger partial charge in [-0.2, -0.15) is 0 Å². The first-order valence-electron chi connectivity index (χ1n) is 9.91. The van der Waals surface area contributed by atoms with E-state index in [2.05, 4.69) is 15.2 Å². The Labute approximate surface area is 193 Å². The Morgan fingerprint density at radius 2 is 1.87 bits per heavy atom. The summed E-state index contributed by atoms with van der Waals surface area (Å²) in [5.74, 6) is 0.795. The molecule has 2 aliphatic heterocycles. The largest absolute Gasteiger partial charge is 0.507 e. The zero-order valence-corrected chi connectivity index (χ0v) is 18.7. The number of aromatic hydroxyl groups is 1. The Balaban J connectivity index is 0.00000136. The molecule has 2 aromatic carbocycles. The molecule has 0 saturated carbocycles. The van der Waals surface area contributed by atoms with Crippen LogP contribution in [0.4, 0.5) is 0 Å². The third kappa shape index (κ3) is 4.16. The first-order chi connectivity index (χ1) is 14.1. The maximum atomic E-state index is 13.0. The quantitative estimate of drug-likeness (QED) is 0.512. The van der Waals surface area contributed by atoms with Gasteiger partial charge in [0.25, 0.3) is 0 Å². The van der Waals surface area contributed by atoms with E-state index in [9.17, 15) is 9.90 Å². The van der Waals surface area contributed by atoms with E-state index in [1.54, 1.807) is 12.1 Å². The van der Waals surface area contributed by atoms with E-state index in [0.717, 1.165) is 48.3 Å². The van der Waals surface area contributed by atoms with Gasteiger partial charge in [-0.25, -0.2) is 0 Å². The van der Waals surface area contributed by atoms with Gasteiger partial charge in [-0.15, -0.1) is 24.8 Å². The summed E-state index contributed by atoms with van der Waals surface area (Å²) < 4.78 is 6.05. The average Bonchev–Trinajstić information content (AvgIpc) is 3.22. The minimum Gasteiger partial charge on any atom is -0.507 e. The maximum absolute atomic E-state index is 13.0. The third-order valence-electron chi connectivity index (χ3n) is 5.73. The topological polar surface area (TPSA) is 77.6 Å². The number of halogens is 2. The smallest absolute Gasteiger partial charge is 0.231 e. The van der Waals surface area contributed by atoms with Crippen molar-refractivity contribution in [3.63, 3.8) is 0 Å². The van der Waals surface area contributed by atoms with Crippen LogP contribution in [-0.2, 0) is 6.54 Å². The van der Waals surface area contributed by atoms with Crippen LogP contribution in [0.25, 0.3) is 17.0 Å². The molecule has 3 aromatic rings. The molecule has 2 aliphatic rings. The molecule has 164 valence electrons. The van der Waals surface area contributed by atoms with E-state index in [1.807, 2.05) is 37.3 Å². The van der Waals surface area contributed by atoms with Crippen LogP contribution in [0.2, 0.25) is 0 Å². The van der Waals surface area contributed by atoms with Crippen molar-refractivity contribution in [2.24, 2.45) is 0 Å². The molecule has 6 nitrogen and oxygen atoms in total. The summed E-state index contributed by atoms with van der Waals surface area (Å²) in [6, 6.07) is 11.2. The van der Waals surface area contributed by atoms with E-state index in [-0.39, 0.29) is 36.3 Å². The zero-order valence-electron chi connectivity index (χ0n) is 17.1. The highest BCUT2D eigenvalue weighted by Crippen LogP contribution is 2.40. The first-order valence-corrected chi connectivity index (χ1v) is 9.91. The Morgan fingerprint density at radius 1 is 1.13 bits per heavy atom. The number of nitrogens with zero attached hydrogens (tertiary/aromatic N) is 1. The normalized spacial score (nSPS) is 17.2. The minimum atomic E-state index is -0.147. The minimum absolute atomic E-state index is 0. The Morgan fingerprint density at radius 3 is 2.65 bits per heavy atom. The van der Waals surface area contributed by atoms with Gasteiger partial charge in [0.15, 0.2) is 5.76 Å². The van der Waals surface area contributed by atoms with E-state index < -0.39 is 0 Å². The zero-order chi connectivity index (χ0) is 20.0. The number of nitrogens with one attached hydrogen (secondary N) is 2. The van der Waals surface area contributed by atoms with Gasteiger partial charge in [0, 0.05) is 54.9 Å². The molecule has 5 rings (SSSR count). The molecule has 0 aliphatic carbocycles. The summed E-state index contributed by atoms with van der Waals surface area (Å²) in [6.07, 6.45) is 1.81. The number of para-hydroxylation sites is 1. The van der Waals surface area contributed by atoms with Crippen molar-refractivity contribution in [3.8, 4) is 11.5 Å². The summed E-state index contributed by atoms with van der Waals surface area (Å²) >= 11 is 0. The van der Waals surface area contributed by atoms with Gasteiger partial charge in [-0.3, -0.25) is 9.69 Å². The van der Waals surface area contributed by atoms with Crippen molar-refractivity contribution in [1.82, 2.24) is 15.2 Å². The molecule has 0 bridgehead atoms. The predicted molar refractivity (Wildman–Crippen MR) is 127 cm³/mol. The summed E-state index contributed by atoms with van der Waals surface area (Å²) in [7, 11) is 0. The van der Waals surface area contributed by atoms with Crippen LogP contribution in [0.5, 0.6) is 11.5 Å². The molecule has 31 heavy (non-hydrogen) atoms. The van der Waals surface area contributed by atoms with Gasteiger partial charge in [0.2, 0.25) is 5.78 Å². The number of ether oxygens (including phenoxy) is 1. The number of aromatic amines is 1. The molecule has 0 spiro atoms. The van der Waals surface area contributed by atoms with Gasteiger partial charge in [-0.1, -0.05) is 18.2 Å². The molecule has 0 amide bonds. The summed E-state index contributed by atoms with van der Waals surface area (Å²) in [6.45, 7) is 6.17. The number of Topliss-reactive ketones (excluding diaryl/α,β-unsaturated/α-hetero) is 1. The van der Waals surface area contributed by atoms with Crippen LogP contribution >= 0.6 is 24.8 Å². The van der Waals surface area contributed by atoms with E-state index in [1.165, 1.54) is 0 Å². The number of fused-ring (bicyclic) bond motifs is 2. The fraction of sp³-hybridized carbons (Fsp3) is 0.261. The summed E-state index contributed by atoms with van der Waals surface area (Å²) in [5.41, 5.74) is 4.14. The highest BCUT2D eigenvalue weighted by molar-refractivity contribution is 6.15. The number of carbonyl (C=O) groups is 1. The van der Waals surface area contributed by atoms with E-state index >= 15 is 0 Å². The number of H-pyrrole nitrogens is 1. The Bertz CT molecular complexity index is 1150. The fourth-order valence-electron chi connectivity index (χ4n) is 4.16. The lowest BCUT2D eigenvalue weighted by Gasteiger charge is -2.27. The molecule has 0 unspecified atom stereocenters. The first kappa shape index (κ1) is 23.2. The molecule has 0 atom stereocenters. The number of aromatic nitrogens is 1. The number of hydrogen-bond acceptors (Lipinski definition) is 5. The lowest BCUT2D eigenvalue weighted by atomic mass is 10.0. The summed E-state index contributed by atoms with van der Waals surface area (Å²) in [4.78, 5) is 18.6. The standard InChI is InChI=1S/C23H23N3O3.2ClH/c1-14-17(15-4-2-3-5-19(15)25-14)12-21-22(28)16-6-7-20(27)18(23(16)29-21)13-26-10-8-24-9-11-26;;/h2-7,12,24-25,27H,8-11,13H2,1H3;2*1H. The van der Waals surface area contributed by atoms with Crippen LogP contribution in [0.15, 0.2) is 42.2 Å².